The van der Waals surface area contributed by atoms with Gasteiger partial charge in [0, 0.05) is 23.7 Å². The van der Waals surface area contributed by atoms with Crippen LogP contribution in [0.15, 0.2) is 24.3 Å². The van der Waals surface area contributed by atoms with Gasteiger partial charge in [-0.05, 0) is 49.4 Å². The van der Waals surface area contributed by atoms with Gasteiger partial charge in [-0.1, -0.05) is 37.6 Å². The fourth-order valence-corrected chi connectivity index (χ4v) is 3.05. The van der Waals surface area contributed by atoms with Gasteiger partial charge in [-0.2, -0.15) is 0 Å². The van der Waals surface area contributed by atoms with Crippen molar-refractivity contribution < 1.29 is 0 Å². The van der Waals surface area contributed by atoms with E-state index in [1.807, 2.05) is 12.1 Å². The van der Waals surface area contributed by atoms with E-state index in [2.05, 4.69) is 37.8 Å². The van der Waals surface area contributed by atoms with Crippen molar-refractivity contribution in [2.75, 3.05) is 19.6 Å². The maximum absolute atomic E-state index is 6.09. The second-order valence-corrected chi connectivity index (χ2v) is 7.28. The molecule has 1 fully saturated rings. The van der Waals surface area contributed by atoms with E-state index in [1.54, 1.807) is 0 Å². The van der Waals surface area contributed by atoms with Crippen molar-refractivity contribution in [1.82, 2.24) is 4.90 Å². The molecule has 1 unspecified atom stereocenters. The van der Waals surface area contributed by atoms with E-state index in [0.29, 0.717) is 12.0 Å². The van der Waals surface area contributed by atoms with Crippen LogP contribution < -0.4 is 5.73 Å². The molecule has 1 heterocycles. The van der Waals surface area contributed by atoms with Crippen LogP contribution in [0.5, 0.6) is 0 Å². The minimum atomic E-state index is 0.0433. The normalized spacial score (nSPS) is 22.4. The Morgan fingerprint density at radius 3 is 2.42 bits per heavy atom. The molecule has 19 heavy (non-hydrogen) atoms. The summed E-state index contributed by atoms with van der Waals surface area (Å²) in [6, 6.07) is 8.14. The summed E-state index contributed by atoms with van der Waals surface area (Å²) >= 11 is 5.95. The first-order chi connectivity index (χ1) is 8.85. The van der Waals surface area contributed by atoms with Crippen LogP contribution in [0.1, 0.15) is 32.8 Å². The monoisotopic (exact) mass is 280 g/mol. The number of likely N-dealkylation sites (tertiary alicyclic amines) is 1. The Balaban J connectivity index is 2.12. The molecular formula is C16H25ClN2. The maximum atomic E-state index is 6.09. The minimum Gasteiger partial charge on any atom is -0.329 e. The molecule has 0 aliphatic carbocycles. The molecule has 0 radical (unpaired) electrons. The van der Waals surface area contributed by atoms with E-state index in [1.165, 1.54) is 12.0 Å². The van der Waals surface area contributed by atoms with E-state index in [0.717, 1.165) is 24.5 Å². The summed E-state index contributed by atoms with van der Waals surface area (Å²) in [5, 5.41) is 0.792. The maximum Gasteiger partial charge on any atom is 0.0406 e. The lowest BCUT2D eigenvalue weighted by atomic mass is 9.89. The molecule has 1 aromatic rings. The van der Waals surface area contributed by atoms with Crippen LogP contribution >= 0.6 is 11.6 Å². The highest BCUT2D eigenvalue weighted by atomic mass is 35.5. The van der Waals surface area contributed by atoms with Crippen LogP contribution in [0.3, 0.4) is 0 Å². The first-order valence-electron chi connectivity index (χ1n) is 7.04. The molecule has 1 aliphatic heterocycles. The van der Waals surface area contributed by atoms with Crippen molar-refractivity contribution in [3.63, 3.8) is 0 Å². The molecule has 1 aliphatic rings. The summed E-state index contributed by atoms with van der Waals surface area (Å²) in [4.78, 5) is 2.56. The molecule has 1 aromatic carbocycles. The molecule has 0 aromatic heterocycles. The Hall–Kier alpha value is -0.570. The Morgan fingerprint density at radius 2 is 1.95 bits per heavy atom. The molecule has 3 heteroatoms. The van der Waals surface area contributed by atoms with E-state index in [9.17, 15) is 0 Å². The average molecular weight is 281 g/mol. The Kier molecular flexibility index (Phi) is 4.24. The Bertz CT molecular complexity index is 427. The third-order valence-electron chi connectivity index (χ3n) is 4.38. The molecule has 2 N–H and O–H groups in total. The van der Waals surface area contributed by atoms with Crippen molar-refractivity contribution in [3.8, 4) is 0 Å². The number of hydrogen-bond donors (Lipinski definition) is 1. The number of nitrogens with zero attached hydrogens (tertiary/aromatic N) is 1. The lowest BCUT2D eigenvalue weighted by Gasteiger charge is -2.39. The van der Waals surface area contributed by atoms with E-state index in [-0.39, 0.29) is 5.54 Å². The second kappa shape index (κ2) is 5.43. The first kappa shape index (κ1) is 14.8. The third-order valence-corrected chi connectivity index (χ3v) is 4.63. The van der Waals surface area contributed by atoms with E-state index >= 15 is 0 Å². The van der Waals surface area contributed by atoms with Gasteiger partial charge in [-0.3, -0.25) is 4.90 Å². The zero-order valence-electron chi connectivity index (χ0n) is 12.2. The van der Waals surface area contributed by atoms with Crippen LogP contribution in [-0.2, 0) is 6.42 Å². The predicted octanol–water partition coefficient (Wildman–Crippen LogP) is 3.33. The van der Waals surface area contributed by atoms with Gasteiger partial charge in [0.1, 0.15) is 0 Å². The van der Waals surface area contributed by atoms with Gasteiger partial charge < -0.3 is 5.73 Å². The molecule has 2 nitrogen and oxygen atoms in total. The van der Waals surface area contributed by atoms with Crippen LogP contribution in [0.25, 0.3) is 0 Å². The van der Waals surface area contributed by atoms with Crippen LogP contribution in [0.4, 0.5) is 0 Å². The fraction of sp³-hybridized carbons (Fsp3) is 0.625. The molecular weight excluding hydrogens is 256 g/mol. The zero-order valence-corrected chi connectivity index (χ0v) is 13.0. The van der Waals surface area contributed by atoms with Crippen molar-refractivity contribution in [3.05, 3.63) is 34.9 Å². The molecule has 1 atom stereocenters. The van der Waals surface area contributed by atoms with Crippen molar-refractivity contribution >= 4 is 11.6 Å². The van der Waals surface area contributed by atoms with E-state index in [4.69, 9.17) is 17.3 Å². The standard InChI is InChI=1S/C16H25ClN2/c1-15(2)8-9-19(12-15)16(3,11-18)10-13-4-6-14(17)7-5-13/h4-7H,8-12,18H2,1-3H3. The van der Waals surface area contributed by atoms with Gasteiger partial charge in [-0.25, -0.2) is 0 Å². The second-order valence-electron chi connectivity index (χ2n) is 6.84. The summed E-state index contributed by atoms with van der Waals surface area (Å²) in [6.07, 6.45) is 2.24. The van der Waals surface area contributed by atoms with Gasteiger partial charge >= 0.3 is 0 Å². The summed E-state index contributed by atoms with van der Waals surface area (Å²) in [7, 11) is 0. The largest absolute Gasteiger partial charge is 0.329 e. The molecule has 0 bridgehead atoms. The highest BCUT2D eigenvalue weighted by Crippen LogP contribution is 2.34. The highest BCUT2D eigenvalue weighted by molar-refractivity contribution is 6.30. The summed E-state index contributed by atoms with van der Waals surface area (Å²) in [5.41, 5.74) is 7.85. The number of rotatable bonds is 4. The quantitative estimate of drug-likeness (QED) is 0.917. The lowest BCUT2D eigenvalue weighted by molar-refractivity contribution is 0.128. The van der Waals surface area contributed by atoms with Crippen LogP contribution in [0.2, 0.25) is 5.02 Å². The van der Waals surface area contributed by atoms with Crippen LogP contribution in [0, 0.1) is 5.41 Å². The smallest absolute Gasteiger partial charge is 0.0406 e. The highest BCUT2D eigenvalue weighted by Gasteiger charge is 2.39. The van der Waals surface area contributed by atoms with E-state index < -0.39 is 0 Å². The van der Waals surface area contributed by atoms with Gasteiger partial charge in [0.15, 0.2) is 0 Å². The Labute approximate surface area is 121 Å². The average Bonchev–Trinajstić information content (AvgIpc) is 2.73. The predicted molar refractivity (Wildman–Crippen MR) is 82.6 cm³/mol. The summed E-state index contributed by atoms with van der Waals surface area (Å²) in [6.45, 7) is 9.93. The molecule has 0 saturated carbocycles. The van der Waals surface area contributed by atoms with Gasteiger partial charge in [0.25, 0.3) is 0 Å². The topological polar surface area (TPSA) is 29.3 Å². The number of hydrogen-bond acceptors (Lipinski definition) is 2. The van der Waals surface area contributed by atoms with Crippen molar-refractivity contribution in [2.45, 2.75) is 39.2 Å². The van der Waals surface area contributed by atoms with Gasteiger partial charge in [-0.15, -0.1) is 0 Å². The van der Waals surface area contributed by atoms with Crippen molar-refractivity contribution in [2.24, 2.45) is 11.1 Å². The zero-order chi connectivity index (χ0) is 14.1. The summed E-state index contributed by atoms with van der Waals surface area (Å²) < 4.78 is 0. The molecule has 0 spiro atoms. The van der Waals surface area contributed by atoms with Crippen molar-refractivity contribution in [1.29, 1.82) is 0 Å². The van der Waals surface area contributed by atoms with Crippen LogP contribution in [-0.4, -0.2) is 30.1 Å². The molecule has 1 saturated heterocycles. The molecule has 2 rings (SSSR count). The number of benzene rings is 1. The van der Waals surface area contributed by atoms with Gasteiger partial charge in [0.2, 0.25) is 0 Å². The fourth-order valence-electron chi connectivity index (χ4n) is 2.93. The molecule has 106 valence electrons. The first-order valence-corrected chi connectivity index (χ1v) is 7.42. The SMILES string of the molecule is CC1(C)CCN(C(C)(CN)Cc2ccc(Cl)cc2)C1. The third kappa shape index (κ3) is 3.50. The Morgan fingerprint density at radius 1 is 1.32 bits per heavy atom. The lowest BCUT2D eigenvalue weighted by Crippen LogP contribution is -2.52. The minimum absolute atomic E-state index is 0.0433. The van der Waals surface area contributed by atoms with Gasteiger partial charge in [0.05, 0.1) is 0 Å². The number of nitrogens with two attached hydrogens (primary N) is 1. The summed E-state index contributed by atoms with van der Waals surface area (Å²) in [5.74, 6) is 0. The molecule has 0 amide bonds. The number of halogens is 1.